The predicted octanol–water partition coefficient (Wildman–Crippen LogP) is 5.03. The van der Waals surface area contributed by atoms with Crippen molar-refractivity contribution in [3.63, 3.8) is 0 Å². The Morgan fingerprint density at radius 3 is 2.48 bits per heavy atom. The lowest BCUT2D eigenvalue weighted by atomic mass is 10.3. The fourth-order valence-corrected chi connectivity index (χ4v) is 6.13. The zero-order chi connectivity index (χ0) is 20.4. The normalized spacial score (nSPS) is 11.6. The first-order valence-corrected chi connectivity index (χ1v) is 12.1. The first kappa shape index (κ1) is 19.8. The number of benzene rings is 3. The molecule has 0 radical (unpaired) electrons. The summed E-state index contributed by atoms with van der Waals surface area (Å²) in [6.07, 6.45) is 0. The van der Waals surface area contributed by atoms with Gasteiger partial charge in [-0.15, -0.1) is 0 Å². The van der Waals surface area contributed by atoms with E-state index in [-0.39, 0.29) is 9.77 Å². The molecule has 1 aromatic heterocycles. The summed E-state index contributed by atoms with van der Waals surface area (Å²) in [6.45, 7) is 2.44. The average Bonchev–Trinajstić information content (AvgIpc) is 3.04. The van der Waals surface area contributed by atoms with Crippen LogP contribution in [0.4, 0.5) is 5.69 Å². The smallest absolute Gasteiger partial charge is 0.299 e. The number of thiazole rings is 1. The molecule has 0 unspecified atom stereocenters. The lowest BCUT2D eigenvalue weighted by Gasteiger charge is -2.12. The van der Waals surface area contributed by atoms with Crippen LogP contribution in [0, 0.1) is 0 Å². The summed E-state index contributed by atoms with van der Waals surface area (Å²) in [4.78, 5) is 13.9. The molecule has 29 heavy (non-hydrogen) atoms. The second kappa shape index (κ2) is 8.06. The molecule has 0 bridgehead atoms. The number of aryl methyl sites for hydroxylation is 1. The van der Waals surface area contributed by atoms with Crippen molar-refractivity contribution in [1.29, 1.82) is 0 Å². The number of hydrogen-bond acceptors (Lipinski definition) is 5. The summed E-state index contributed by atoms with van der Waals surface area (Å²) in [5, 5.41) is 0. The molecule has 0 atom stereocenters. The minimum Gasteiger partial charge on any atom is -0.299 e. The van der Waals surface area contributed by atoms with Gasteiger partial charge in [-0.1, -0.05) is 53.4 Å². The van der Waals surface area contributed by atoms with Crippen LogP contribution in [0.3, 0.4) is 0 Å². The predicted molar refractivity (Wildman–Crippen MR) is 120 cm³/mol. The van der Waals surface area contributed by atoms with E-state index in [1.807, 2.05) is 49.4 Å². The lowest BCUT2D eigenvalue weighted by molar-refractivity contribution is 0.601. The van der Waals surface area contributed by atoms with Crippen molar-refractivity contribution in [3.8, 4) is 0 Å². The maximum Gasteiger partial charge on any atom is 0.308 e. The van der Waals surface area contributed by atoms with Gasteiger partial charge in [-0.2, -0.15) is 0 Å². The van der Waals surface area contributed by atoms with Gasteiger partial charge in [0, 0.05) is 16.3 Å². The van der Waals surface area contributed by atoms with Gasteiger partial charge in [0.2, 0.25) is 0 Å². The first-order valence-electron chi connectivity index (χ1n) is 8.96. The van der Waals surface area contributed by atoms with Gasteiger partial charge in [0.1, 0.15) is 0 Å². The van der Waals surface area contributed by atoms with Gasteiger partial charge in [0.25, 0.3) is 10.0 Å². The van der Waals surface area contributed by atoms with Gasteiger partial charge in [0.05, 0.1) is 20.8 Å². The molecule has 0 spiro atoms. The molecule has 0 fully saturated rings. The molecule has 148 valence electrons. The van der Waals surface area contributed by atoms with E-state index in [1.54, 1.807) is 28.8 Å². The molecule has 8 heteroatoms. The summed E-state index contributed by atoms with van der Waals surface area (Å²) in [7, 11) is -3.80. The van der Waals surface area contributed by atoms with Crippen LogP contribution in [0.2, 0.25) is 0 Å². The summed E-state index contributed by atoms with van der Waals surface area (Å²) < 4.78 is 31.0. The molecule has 1 heterocycles. The number of para-hydroxylation sites is 1. The van der Waals surface area contributed by atoms with Gasteiger partial charge < -0.3 is 0 Å². The Morgan fingerprint density at radius 2 is 1.72 bits per heavy atom. The second-order valence-electron chi connectivity index (χ2n) is 6.26. The third kappa shape index (κ3) is 4.10. The molecular formula is C21H18N2O3S3. The van der Waals surface area contributed by atoms with Gasteiger partial charge in [0.15, 0.2) is 0 Å². The fourth-order valence-electron chi connectivity index (χ4n) is 2.97. The van der Waals surface area contributed by atoms with Gasteiger partial charge >= 0.3 is 4.87 Å². The molecule has 1 N–H and O–H groups in total. The number of anilines is 1. The molecule has 0 saturated heterocycles. The number of nitrogens with one attached hydrogen (secondary N) is 1. The minimum atomic E-state index is -3.80. The Kier molecular flexibility index (Phi) is 5.49. The van der Waals surface area contributed by atoms with Crippen molar-refractivity contribution in [1.82, 2.24) is 4.57 Å². The number of fused-ring (bicyclic) bond motifs is 1. The Bertz CT molecular complexity index is 1330. The van der Waals surface area contributed by atoms with Crippen LogP contribution in [0.15, 0.2) is 92.3 Å². The van der Waals surface area contributed by atoms with Crippen LogP contribution in [0.1, 0.15) is 6.92 Å². The van der Waals surface area contributed by atoms with Crippen LogP contribution < -0.4 is 9.60 Å². The SMILES string of the molecule is CCn1c(=O)sc2cc(S(=O)(=O)Nc3ccccc3Sc3ccccc3)ccc21. The van der Waals surface area contributed by atoms with Crippen molar-refractivity contribution >= 4 is 49.0 Å². The van der Waals surface area contributed by atoms with Crippen molar-refractivity contribution in [2.75, 3.05) is 4.72 Å². The molecule has 0 saturated carbocycles. The second-order valence-corrected chi connectivity index (χ2v) is 10.0. The summed E-state index contributed by atoms with van der Waals surface area (Å²) in [6, 6.07) is 21.9. The monoisotopic (exact) mass is 442 g/mol. The van der Waals surface area contributed by atoms with Crippen LogP contribution in [0.25, 0.3) is 10.2 Å². The highest BCUT2D eigenvalue weighted by Crippen LogP contribution is 2.34. The number of sulfonamides is 1. The maximum atomic E-state index is 13.0. The van der Waals surface area contributed by atoms with Crippen molar-refractivity contribution < 1.29 is 8.42 Å². The lowest BCUT2D eigenvalue weighted by Crippen LogP contribution is -2.13. The molecule has 0 aliphatic rings. The molecule has 5 nitrogen and oxygen atoms in total. The summed E-state index contributed by atoms with van der Waals surface area (Å²) in [5.41, 5.74) is 1.27. The largest absolute Gasteiger partial charge is 0.308 e. The van der Waals surface area contributed by atoms with Crippen LogP contribution in [0.5, 0.6) is 0 Å². The van der Waals surface area contributed by atoms with E-state index in [0.717, 1.165) is 26.6 Å². The Balaban J connectivity index is 1.67. The quantitative estimate of drug-likeness (QED) is 0.454. The molecular weight excluding hydrogens is 424 g/mol. The van der Waals surface area contributed by atoms with Crippen molar-refractivity contribution in [3.05, 3.63) is 82.5 Å². The zero-order valence-electron chi connectivity index (χ0n) is 15.5. The minimum absolute atomic E-state index is 0.0883. The van der Waals surface area contributed by atoms with E-state index >= 15 is 0 Å². The van der Waals surface area contributed by atoms with E-state index in [0.29, 0.717) is 16.9 Å². The Hall–Kier alpha value is -2.55. The molecule has 0 aliphatic carbocycles. The summed E-state index contributed by atoms with van der Waals surface area (Å²) >= 11 is 2.55. The van der Waals surface area contributed by atoms with Crippen molar-refractivity contribution in [2.45, 2.75) is 28.2 Å². The molecule has 4 aromatic rings. The Morgan fingerprint density at radius 1 is 1.00 bits per heavy atom. The van der Waals surface area contributed by atoms with Crippen LogP contribution in [-0.2, 0) is 16.6 Å². The van der Waals surface area contributed by atoms with Crippen molar-refractivity contribution in [2.24, 2.45) is 0 Å². The summed E-state index contributed by atoms with van der Waals surface area (Å²) in [5.74, 6) is 0. The molecule has 3 aromatic carbocycles. The highest BCUT2D eigenvalue weighted by molar-refractivity contribution is 7.99. The molecule has 0 amide bonds. The van der Waals surface area contributed by atoms with Gasteiger partial charge in [-0.05, 0) is 49.4 Å². The highest BCUT2D eigenvalue weighted by Gasteiger charge is 2.18. The fraction of sp³-hybridized carbons (Fsp3) is 0.0952. The van der Waals surface area contributed by atoms with E-state index in [2.05, 4.69) is 4.72 Å². The van der Waals surface area contributed by atoms with Crippen LogP contribution >= 0.6 is 23.1 Å². The van der Waals surface area contributed by atoms with E-state index in [1.165, 1.54) is 17.8 Å². The number of rotatable bonds is 6. The third-order valence-electron chi connectivity index (χ3n) is 4.37. The Labute approximate surface area is 177 Å². The van der Waals surface area contributed by atoms with E-state index < -0.39 is 10.0 Å². The highest BCUT2D eigenvalue weighted by atomic mass is 32.2. The maximum absolute atomic E-state index is 13.0. The van der Waals surface area contributed by atoms with E-state index in [4.69, 9.17) is 0 Å². The van der Waals surface area contributed by atoms with Crippen LogP contribution in [-0.4, -0.2) is 13.0 Å². The topological polar surface area (TPSA) is 68.2 Å². The zero-order valence-corrected chi connectivity index (χ0v) is 18.0. The number of aromatic nitrogens is 1. The molecule has 4 rings (SSSR count). The van der Waals surface area contributed by atoms with Gasteiger partial charge in [-0.25, -0.2) is 8.42 Å². The number of nitrogens with zero attached hydrogens (tertiary/aromatic N) is 1. The average molecular weight is 443 g/mol. The third-order valence-corrected chi connectivity index (χ3v) is 7.76. The van der Waals surface area contributed by atoms with E-state index in [9.17, 15) is 13.2 Å². The molecule has 0 aliphatic heterocycles. The number of hydrogen-bond donors (Lipinski definition) is 1. The standard InChI is InChI=1S/C21H18N2O3S3/c1-2-23-18-13-12-16(14-20(18)28-21(23)24)29(25,26)22-17-10-6-7-11-19(17)27-15-8-4-3-5-9-15/h3-14,22H,2H2,1H3. The first-order chi connectivity index (χ1) is 14.0. The van der Waals surface area contributed by atoms with Gasteiger partial charge in [-0.3, -0.25) is 14.1 Å².